The molecule has 0 bridgehead atoms. The van der Waals surface area contributed by atoms with Gasteiger partial charge in [-0.3, -0.25) is 4.79 Å². The molecule has 0 aliphatic heterocycles. The van der Waals surface area contributed by atoms with E-state index < -0.39 is 17.5 Å². The third-order valence-electron chi connectivity index (χ3n) is 2.59. The van der Waals surface area contributed by atoms with Gasteiger partial charge in [-0.2, -0.15) is 0 Å². The maximum Gasteiger partial charge on any atom is 0.256 e. The number of nitrogens with zero attached hydrogens (tertiary/aromatic N) is 2. The van der Waals surface area contributed by atoms with Gasteiger partial charge in [0.25, 0.3) is 5.91 Å². The third-order valence-corrected chi connectivity index (χ3v) is 2.59. The van der Waals surface area contributed by atoms with Crippen LogP contribution in [0.2, 0.25) is 0 Å². The zero-order valence-electron chi connectivity index (χ0n) is 10.4. The molecule has 0 fully saturated rings. The van der Waals surface area contributed by atoms with Crippen molar-refractivity contribution in [1.29, 1.82) is 0 Å². The number of amidine groups is 1. The summed E-state index contributed by atoms with van der Waals surface area (Å²) in [6.45, 7) is 2.15. The highest BCUT2D eigenvalue weighted by molar-refractivity contribution is 5.94. The Labute approximate surface area is 109 Å². The zero-order chi connectivity index (χ0) is 14.4. The second kappa shape index (κ2) is 6.67. The van der Waals surface area contributed by atoms with Gasteiger partial charge in [-0.05, 0) is 25.1 Å². The number of carbonyl (C=O) groups excluding carboxylic acids is 1. The van der Waals surface area contributed by atoms with E-state index in [4.69, 9.17) is 10.9 Å². The van der Waals surface area contributed by atoms with Crippen LogP contribution in [0.25, 0.3) is 0 Å². The van der Waals surface area contributed by atoms with Crippen LogP contribution in [0, 0.1) is 11.6 Å². The van der Waals surface area contributed by atoms with E-state index >= 15 is 0 Å². The molecule has 0 atom stereocenters. The molecule has 1 aromatic rings. The average molecular weight is 271 g/mol. The molecule has 0 aromatic heterocycles. The Morgan fingerprint density at radius 3 is 2.74 bits per heavy atom. The fourth-order valence-electron chi connectivity index (χ4n) is 1.53. The Hall–Kier alpha value is -2.18. The van der Waals surface area contributed by atoms with Crippen molar-refractivity contribution >= 4 is 11.7 Å². The van der Waals surface area contributed by atoms with E-state index in [9.17, 15) is 13.6 Å². The highest BCUT2D eigenvalue weighted by atomic mass is 19.1. The Balaban J connectivity index is 2.86. The number of halogens is 2. The van der Waals surface area contributed by atoms with Crippen molar-refractivity contribution in [1.82, 2.24) is 4.90 Å². The van der Waals surface area contributed by atoms with Gasteiger partial charge in [-0.25, -0.2) is 8.78 Å². The Bertz CT molecular complexity index is 492. The van der Waals surface area contributed by atoms with Crippen LogP contribution in [0.15, 0.2) is 23.4 Å². The lowest BCUT2D eigenvalue weighted by Gasteiger charge is -2.20. The number of benzene rings is 1. The molecule has 0 saturated carbocycles. The molecule has 0 aliphatic rings. The molecule has 3 N–H and O–H groups in total. The maximum atomic E-state index is 13.5. The highest BCUT2D eigenvalue weighted by Gasteiger charge is 2.18. The number of amides is 1. The van der Waals surface area contributed by atoms with Crippen molar-refractivity contribution in [2.24, 2.45) is 10.9 Å². The summed E-state index contributed by atoms with van der Waals surface area (Å²) >= 11 is 0. The predicted molar refractivity (Wildman–Crippen MR) is 66.0 cm³/mol. The summed E-state index contributed by atoms with van der Waals surface area (Å²) in [7, 11) is 0. The van der Waals surface area contributed by atoms with Gasteiger partial charge in [-0.15, -0.1) is 0 Å². The first-order valence-electron chi connectivity index (χ1n) is 5.70. The van der Waals surface area contributed by atoms with E-state index in [1.54, 1.807) is 6.92 Å². The van der Waals surface area contributed by atoms with Crippen LogP contribution in [0.3, 0.4) is 0 Å². The second-order valence-corrected chi connectivity index (χ2v) is 3.85. The number of hydrogen-bond donors (Lipinski definition) is 2. The molecule has 0 heterocycles. The minimum absolute atomic E-state index is 0.0361. The maximum absolute atomic E-state index is 13.5. The van der Waals surface area contributed by atoms with Crippen LogP contribution < -0.4 is 5.73 Å². The minimum Gasteiger partial charge on any atom is -0.409 e. The van der Waals surface area contributed by atoms with Crippen LogP contribution in [-0.4, -0.2) is 34.9 Å². The van der Waals surface area contributed by atoms with Crippen LogP contribution in [0.5, 0.6) is 0 Å². The number of nitrogens with two attached hydrogens (primary N) is 1. The Kier molecular flexibility index (Phi) is 5.23. The van der Waals surface area contributed by atoms with Crippen LogP contribution in [-0.2, 0) is 0 Å². The SMILES string of the molecule is CCN(CC/C(N)=N/O)C(=O)c1cc(F)ccc1F. The molecular formula is C12H15F2N3O2. The summed E-state index contributed by atoms with van der Waals surface area (Å²) < 4.78 is 26.5. The van der Waals surface area contributed by atoms with Gasteiger partial charge < -0.3 is 15.8 Å². The van der Waals surface area contributed by atoms with Crippen molar-refractivity contribution in [2.75, 3.05) is 13.1 Å². The summed E-state index contributed by atoms with van der Waals surface area (Å²) in [4.78, 5) is 13.3. The van der Waals surface area contributed by atoms with Gasteiger partial charge in [0.05, 0.1) is 5.56 Å². The fraction of sp³-hybridized carbons (Fsp3) is 0.333. The molecule has 1 rings (SSSR count). The average Bonchev–Trinajstić information content (AvgIpc) is 2.41. The van der Waals surface area contributed by atoms with Crippen molar-refractivity contribution < 1.29 is 18.8 Å². The van der Waals surface area contributed by atoms with E-state index in [-0.39, 0.29) is 24.4 Å². The van der Waals surface area contributed by atoms with Crippen molar-refractivity contribution in [3.05, 3.63) is 35.4 Å². The van der Waals surface area contributed by atoms with Gasteiger partial charge in [0.2, 0.25) is 0 Å². The first kappa shape index (κ1) is 14.9. The van der Waals surface area contributed by atoms with Crippen LogP contribution >= 0.6 is 0 Å². The lowest BCUT2D eigenvalue weighted by Crippen LogP contribution is -2.34. The molecule has 0 spiro atoms. The summed E-state index contributed by atoms with van der Waals surface area (Å²) in [5, 5.41) is 11.2. The molecule has 0 radical (unpaired) electrons. The van der Waals surface area contributed by atoms with Crippen molar-refractivity contribution in [2.45, 2.75) is 13.3 Å². The third kappa shape index (κ3) is 3.90. The summed E-state index contributed by atoms with van der Waals surface area (Å²) in [5.41, 5.74) is 4.96. The second-order valence-electron chi connectivity index (χ2n) is 3.85. The van der Waals surface area contributed by atoms with E-state index in [2.05, 4.69) is 5.16 Å². The highest BCUT2D eigenvalue weighted by Crippen LogP contribution is 2.12. The molecule has 0 saturated heterocycles. The normalized spacial score (nSPS) is 11.4. The number of carbonyl (C=O) groups is 1. The topological polar surface area (TPSA) is 78.9 Å². The minimum atomic E-state index is -0.784. The Morgan fingerprint density at radius 2 is 2.16 bits per heavy atom. The number of hydrogen-bond acceptors (Lipinski definition) is 3. The number of rotatable bonds is 5. The quantitative estimate of drug-likeness (QED) is 0.369. The van der Waals surface area contributed by atoms with Gasteiger partial charge in [0.15, 0.2) is 0 Å². The van der Waals surface area contributed by atoms with E-state index in [0.29, 0.717) is 6.54 Å². The largest absolute Gasteiger partial charge is 0.409 e. The zero-order valence-corrected chi connectivity index (χ0v) is 10.4. The molecular weight excluding hydrogens is 256 g/mol. The molecule has 7 heteroatoms. The fourth-order valence-corrected chi connectivity index (χ4v) is 1.53. The van der Waals surface area contributed by atoms with E-state index in [1.165, 1.54) is 4.90 Å². The lowest BCUT2D eigenvalue weighted by atomic mass is 10.1. The first-order valence-corrected chi connectivity index (χ1v) is 5.70. The number of oxime groups is 1. The van der Waals surface area contributed by atoms with Crippen LogP contribution in [0.4, 0.5) is 8.78 Å². The van der Waals surface area contributed by atoms with Gasteiger partial charge in [-0.1, -0.05) is 5.16 Å². The standard InChI is InChI=1S/C12H15F2N3O2/c1-2-17(6-5-11(15)16-19)12(18)9-7-8(13)3-4-10(9)14/h3-4,7,19H,2,5-6H2,1H3,(H2,15,16). The molecule has 0 unspecified atom stereocenters. The molecule has 0 aliphatic carbocycles. The molecule has 19 heavy (non-hydrogen) atoms. The van der Waals surface area contributed by atoms with Gasteiger partial charge >= 0.3 is 0 Å². The first-order chi connectivity index (χ1) is 8.99. The molecule has 104 valence electrons. The summed E-state index contributed by atoms with van der Waals surface area (Å²) in [6.07, 6.45) is 0.146. The summed E-state index contributed by atoms with van der Waals surface area (Å²) in [6, 6.07) is 2.70. The summed E-state index contributed by atoms with van der Waals surface area (Å²) in [5.74, 6) is -2.14. The van der Waals surface area contributed by atoms with Crippen LogP contribution in [0.1, 0.15) is 23.7 Å². The van der Waals surface area contributed by atoms with Crippen molar-refractivity contribution in [3.8, 4) is 0 Å². The van der Waals surface area contributed by atoms with E-state index in [0.717, 1.165) is 18.2 Å². The van der Waals surface area contributed by atoms with Gasteiger partial charge in [0, 0.05) is 19.5 Å². The lowest BCUT2D eigenvalue weighted by molar-refractivity contribution is 0.0763. The molecule has 5 nitrogen and oxygen atoms in total. The van der Waals surface area contributed by atoms with E-state index in [1.807, 2.05) is 0 Å². The molecule has 1 aromatic carbocycles. The van der Waals surface area contributed by atoms with Gasteiger partial charge in [0.1, 0.15) is 17.5 Å². The smallest absolute Gasteiger partial charge is 0.256 e. The Morgan fingerprint density at radius 1 is 1.47 bits per heavy atom. The van der Waals surface area contributed by atoms with Crippen molar-refractivity contribution in [3.63, 3.8) is 0 Å². The monoisotopic (exact) mass is 271 g/mol. The molecule has 1 amide bonds. The predicted octanol–water partition coefficient (Wildman–Crippen LogP) is 1.56.